The van der Waals surface area contributed by atoms with E-state index < -0.39 is 27.5 Å². The number of aliphatic carboxylic acids is 1. The maximum atomic E-state index is 11.5. The molecule has 0 saturated heterocycles. The first-order valence-electron chi connectivity index (χ1n) is 6.06. The van der Waals surface area contributed by atoms with Crippen LogP contribution in [-0.4, -0.2) is 43.5 Å². The van der Waals surface area contributed by atoms with Crippen LogP contribution in [0.5, 0.6) is 0 Å². The standard InChI is InChI=1S/C11H21NO5S/c1-2-3-4-8-18(16,17)9-10(13)12-7-5-6-11(14)15/h2-9H2,1H3,(H,12,13)(H,14,15). The third kappa shape index (κ3) is 10.1. The average Bonchev–Trinajstić information content (AvgIpc) is 2.23. The number of hydrogen-bond acceptors (Lipinski definition) is 4. The van der Waals surface area contributed by atoms with E-state index in [4.69, 9.17) is 5.11 Å². The lowest BCUT2D eigenvalue weighted by molar-refractivity contribution is -0.137. The maximum absolute atomic E-state index is 11.5. The van der Waals surface area contributed by atoms with Gasteiger partial charge in [-0.1, -0.05) is 19.8 Å². The van der Waals surface area contributed by atoms with E-state index in [0.29, 0.717) is 12.8 Å². The van der Waals surface area contributed by atoms with Crippen LogP contribution in [0.15, 0.2) is 0 Å². The number of hydrogen-bond donors (Lipinski definition) is 2. The van der Waals surface area contributed by atoms with Gasteiger partial charge in [-0.2, -0.15) is 0 Å². The lowest BCUT2D eigenvalue weighted by atomic mass is 10.3. The van der Waals surface area contributed by atoms with Crippen molar-refractivity contribution in [3.05, 3.63) is 0 Å². The third-order valence-corrected chi connectivity index (χ3v) is 3.91. The SMILES string of the molecule is CCCCCS(=O)(=O)CC(=O)NCCCC(=O)O. The van der Waals surface area contributed by atoms with Gasteiger partial charge in [-0.3, -0.25) is 9.59 Å². The number of carbonyl (C=O) groups excluding carboxylic acids is 1. The van der Waals surface area contributed by atoms with Gasteiger partial charge >= 0.3 is 5.97 Å². The minimum Gasteiger partial charge on any atom is -0.481 e. The molecule has 0 aromatic carbocycles. The molecule has 0 aliphatic heterocycles. The van der Waals surface area contributed by atoms with E-state index in [2.05, 4.69) is 5.32 Å². The Morgan fingerprint density at radius 2 is 1.83 bits per heavy atom. The Labute approximate surface area is 108 Å². The molecule has 0 aliphatic carbocycles. The molecule has 18 heavy (non-hydrogen) atoms. The van der Waals surface area contributed by atoms with Crippen molar-refractivity contribution in [2.24, 2.45) is 0 Å². The number of unbranched alkanes of at least 4 members (excludes halogenated alkanes) is 2. The van der Waals surface area contributed by atoms with E-state index in [1.165, 1.54) is 0 Å². The van der Waals surface area contributed by atoms with Crippen LogP contribution in [0, 0.1) is 0 Å². The fraction of sp³-hybridized carbons (Fsp3) is 0.818. The van der Waals surface area contributed by atoms with E-state index in [1.54, 1.807) is 0 Å². The van der Waals surface area contributed by atoms with Gasteiger partial charge in [0.25, 0.3) is 0 Å². The first kappa shape index (κ1) is 16.9. The highest BCUT2D eigenvalue weighted by atomic mass is 32.2. The number of rotatable bonds is 10. The van der Waals surface area contributed by atoms with Gasteiger partial charge in [-0.15, -0.1) is 0 Å². The second kappa shape index (κ2) is 8.91. The van der Waals surface area contributed by atoms with Crippen molar-refractivity contribution in [1.82, 2.24) is 5.32 Å². The normalized spacial score (nSPS) is 11.2. The Bertz CT molecular complexity index is 364. The van der Waals surface area contributed by atoms with E-state index in [0.717, 1.165) is 12.8 Å². The van der Waals surface area contributed by atoms with Crippen molar-refractivity contribution in [2.45, 2.75) is 39.0 Å². The predicted octanol–water partition coefficient (Wildman–Crippen LogP) is 0.572. The molecule has 0 aromatic heterocycles. The molecule has 0 aliphatic rings. The van der Waals surface area contributed by atoms with E-state index in [1.807, 2.05) is 6.92 Å². The quantitative estimate of drug-likeness (QED) is 0.569. The predicted molar refractivity (Wildman–Crippen MR) is 68.1 cm³/mol. The summed E-state index contributed by atoms with van der Waals surface area (Å²) in [6, 6.07) is 0. The van der Waals surface area contributed by atoms with E-state index >= 15 is 0 Å². The van der Waals surface area contributed by atoms with Crippen molar-refractivity contribution in [2.75, 3.05) is 18.1 Å². The van der Waals surface area contributed by atoms with Gasteiger partial charge in [-0.25, -0.2) is 8.42 Å². The molecule has 0 spiro atoms. The van der Waals surface area contributed by atoms with E-state index in [-0.39, 0.29) is 18.7 Å². The lowest BCUT2D eigenvalue weighted by Crippen LogP contribution is -2.32. The number of carbonyl (C=O) groups is 2. The summed E-state index contributed by atoms with van der Waals surface area (Å²) in [5.74, 6) is -1.97. The average molecular weight is 279 g/mol. The summed E-state index contributed by atoms with van der Waals surface area (Å²) in [7, 11) is -3.33. The van der Waals surface area contributed by atoms with Crippen LogP contribution in [0.3, 0.4) is 0 Å². The summed E-state index contributed by atoms with van der Waals surface area (Å²) in [6.07, 6.45) is 2.60. The van der Waals surface area contributed by atoms with Crippen LogP contribution in [-0.2, 0) is 19.4 Å². The summed E-state index contributed by atoms with van der Waals surface area (Å²) in [6.45, 7) is 2.16. The molecule has 0 atom stereocenters. The zero-order chi connectivity index (χ0) is 14.0. The molecule has 6 nitrogen and oxygen atoms in total. The van der Waals surface area contributed by atoms with Crippen molar-refractivity contribution in [1.29, 1.82) is 0 Å². The molecule has 0 aromatic rings. The highest BCUT2D eigenvalue weighted by Gasteiger charge is 2.15. The molecule has 0 radical (unpaired) electrons. The minimum absolute atomic E-state index is 0.0311. The maximum Gasteiger partial charge on any atom is 0.303 e. The van der Waals surface area contributed by atoms with Crippen LogP contribution in [0.25, 0.3) is 0 Å². The first-order chi connectivity index (χ1) is 8.37. The Hall–Kier alpha value is -1.11. The van der Waals surface area contributed by atoms with Gasteiger partial charge < -0.3 is 10.4 Å². The number of sulfone groups is 1. The van der Waals surface area contributed by atoms with Crippen LogP contribution in [0.2, 0.25) is 0 Å². The van der Waals surface area contributed by atoms with Crippen LogP contribution in [0.4, 0.5) is 0 Å². The molecular formula is C11H21NO5S. The second-order valence-corrected chi connectivity index (χ2v) is 6.33. The molecule has 0 unspecified atom stereocenters. The largest absolute Gasteiger partial charge is 0.481 e. The highest BCUT2D eigenvalue weighted by Crippen LogP contribution is 2.00. The molecular weight excluding hydrogens is 258 g/mol. The Kier molecular flexibility index (Phi) is 8.36. The van der Waals surface area contributed by atoms with Crippen LogP contribution >= 0.6 is 0 Å². The fourth-order valence-corrected chi connectivity index (χ4v) is 2.65. The van der Waals surface area contributed by atoms with Gasteiger partial charge in [0, 0.05) is 13.0 Å². The molecule has 0 saturated carbocycles. The Morgan fingerprint density at radius 1 is 1.17 bits per heavy atom. The monoisotopic (exact) mass is 279 g/mol. The van der Waals surface area contributed by atoms with Gasteiger partial charge in [0.15, 0.2) is 9.84 Å². The Balaban J connectivity index is 3.82. The van der Waals surface area contributed by atoms with Crippen molar-refractivity contribution < 1.29 is 23.1 Å². The van der Waals surface area contributed by atoms with Crippen molar-refractivity contribution >= 4 is 21.7 Å². The molecule has 0 rings (SSSR count). The minimum atomic E-state index is -3.33. The molecule has 2 N–H and O–H groups in total. The zero-order valence-corrected chi connectivity index (χ0v) is 11.5. The van der Waals surface area contributed by atoms with Crippen LogP contribution in [0.1, 0.15) is 39.0 Å². The summed E-state index contributed by atoms with van der Waals surface area (Å²) in [4.78, 5) is 21.5. The van der Waals surface area contributed by atoms with Gasteiger partial charge in [0.05, 0.1) is 5.75 Å². The van der Waals surface area contributed by atoms with Gasteiger partial charge in [0.1, 0.15) is 5.75 Å². The number of carboxylic acid groups (broad SMARTS) is 1. The molecule has 0 fully saturated rings. The third-order valence-electron chi connectivity index (χ3n) is 2.30. The number of amides is 1. The molecule has 106 valence electrons. The molecule has 7 heteroatoms. The van der Waals surface area contributed by atoms with Gasteiger partial charge in [-0.05, 0) is 12.8 Å². The lowest BCUT2D eigenvalue weighted by Gasteiger charge is -2.05. The smallest absolute Gasteiger partial charge is 0.303 e. The zero-order valence-electron chi connectivity index (χ0n) is 10.6. The van der Waals surface area contributed by atoms with Crippen LogP contribution < -0.4 is 5.32 Å². The fourth-order valence-electron chi connectivity index (χ4n) is 1.36. The summed E-state index contributed by atoms with van der Waals surface area (Å²) >= 11 is 0. The first-order valence-corrected chi connectivity index (χ1v) is 7.88. The topological polar surface area (TPSA) is 101 Å². The number of nitrogens with one attached hydrogen (secondary N) is 1. The molecule has 0 bridgehead atoms. The summed E-state index contributed by atoms with van der Waals surface area (Å²) in [5, 5.41) is 10.8. The highest BCUT2D eigenvalue weighted by molar-refractivity contribution is 7.92. The number of carboxylic acids is 1. The van der Waals surface area contributed by atoms with Crippen molar-refractivity contribution in [3.63, 3.8) is 0 Å². The molecule has 1 amide bonds. The van der Waals surface area contributed by atoms with Crippen molar-refractivity contribution in [3.8, 4) is 0 Å². The molecule has 0 heterocycles. The summed E-state index contributed by atoms with van der Waals surface area (Å²) < 4.78 is 23.0. The Morgan fingerprint density at radius 3 is 2.39 bits per heavy atom. The second-order valence-electron chi connectivity index (χ2n) is 4.15. The summed E-state index contributed by atoms with van der Waals surface area (Å²) in [5.41, 5.74) is 0. The van der Waals surface area contributed by atoms with Gasteiger partial charge in [0.2, 0.25) is 5.91 Å². The van der Waals surface area contributed by atoms with E-state index in [9.17, 15) is 18.0 Å².